The number of hydrogen-bond acceptors (Lipinski definition) is 3. The Labute approximate surface area is 143 Å². The van der Waals surface area contributed by atoms with Crippen LogP contribution in [0.15, 0.2) is 45.6 Å². The second kappa shape index (κ2) is 6.85. The molecule has 1 aliphatic rings. The summed E-state index contributed by atoms with van der Waals surface area (Å²) in [6.45, 7) is 0.277. The van der Waals surface area contributed by atoms with Crippen LogP contribution >= 0.6 is 39.1 Å². The normalized spacial score (nSPS) is 15.0. The Balaban J connectivity index is 2.02. The highest BCUT2D eigenvalue weighted by Crippen LogP contribution is 2.26. The van der Waals surface area contributed by atoms with E-state index in [2.05, 4.69) is 42.9 Å². The summed E-state index contributed by atoms with van der Waals surface area (Å²) in [6, 6.07) is 5.38. The predicted molar refractivity (Wildman–Crippen MR) is 84.4 cm³/mol. The van der Waals surface area contributed by atoms with Crippen LogP contribution in [0, 0.1) is 0 Å². The molecule has 0 bridgehead atoms. The number of allylic oxidation sites excluding steroid dienone is 2. The minimum Gasteiger partial charge on any atom is -0.420 e. The number of benzene rings is 1. The number of nitrogens with one attached hydrogen (secondary N) is 2. The second-order valence-corrected chi connectivity index (χ2v) is 5.88. The maximum Gasteiger partial charge on any atom is 0.487 e. The molecule has 0 saturated heterocycles. The Hall–Kier alpha value is -1.31. The van der Waals surface area contributed by atoms with Crippen molar-refractivity contribution in [2.24, 2.45) is 0 Å². The van der Waals surface area contributed by atoms with Crippen LogP contribution < -0.4 is 15.4 Å². The standard InChI is InChI=1S/C13H9BrCl2F2N2O2/c14-10-5-7(6-19-11(10)15)12(21)20-8-1-3-9(4-2-8)22-13(16,17)18/h1-5,19H,6H2,(H,20,21). The third kappa shape index (κ3) is 4.86. The van der Waals surface area contributed by atoms with Crippen molar-refractivity contribution in [2.45, 2.75) is 5.57 Å². The summed E-state index contributed by atoms with van der Waals surface area (Å²) in [5.41, 5.74) is -2.89. The third-order valence-corrected chi connectivity index (χ3v) is 3.85. The monoisotopic (exact) mass is 412 g/mol. The predicted octanol–water partition coefficient (Wildman–Crippen LogP) is 4.13. The van der Waals surface area contributed by atoms with E-state index in [1.54, 1.807) is 6.08 Å². The van der Waals surface area contributed by atoms with E-state index in [-0.39, 0.29) is 18.2 Å². The fourth-order valence-corrected chi connectivity index (χ4v) is 2.25. The number of carbonyl (C=O) groups is 1. The van der Waals surface area contributed by atoms with Crippen molar-refractivity contribution >= 4 is 50.7 Å². The zero-order valence-electron chi connectivity index (χ0n) is 10.8. The minimum atomic E-state index is -3.78. The van der Waals surface area contributed by atoms with Crippen LogP contribution in [0.2, 0.25) is 0 Å². The summed E-state index contributed by atoms with van der Waals surface area (Å²) in [5.74, 6) is -0.459. The quantitative estimate of drug-likeness (QED) is 0.576. The van der Waals surface area contributed by atoms with Crippen molar-refractivity contribution in [1.29, 1.82) is 0 Å². The average molecular weight is 414 g/mol. The summed E-state index contributed by atoms with van der Waals surface area (Å²) >= 11 is 13.7. The van der Waals surface area contributed by atoms with Gasteiger partial charge in [0, 0.05) is 29.4 Å². The Morgan fingerprint density at radius 2 is 2.00 bits per heavy atom. The van der Waals surface area contributed by atoms with Gasteiger partial charge in [0.15, 0.2) is 0 Å². The molecule has 0 saturated carbocycles. The zero-order valence-corrected chi connectivity index (χ0v) is 13.9. The van der Waals surface area contributed by atoms with Crippen molar-refractivity contribution < 1.29 is 18.3 Å². The van der Waals surface area contributed by atoms with Gasteiger partial charge in [-0.1, -0.05) is 11.6 Å². The van der Waals surface area contributed by atoms with Crippen molar-refractivity contribution in [2.75, 3.05) is 11.9 Å². The first-order valence-corrected chi connectivity index (χ1v) is 7.46. The van der Waals surface area contributed by atoms with Gasteiger partial charge in [-0.25, -0.2) is 0 Å². The van der Waals surface area contributed by atoms with E-state index < -0.39 is 5.57 Å². The van der Waals surface area contributed by atoms with Crippen molar-refractivity contribution in [3.05, 3.63) is 45.6 Å². The minimum absolute atomic E-state index is 0.117. The number of carbonyl (C=O) groups excluding carboxylic acids is 1. The number of rotatable bonds is 4. The Bertz CT molecular complexity index is 642. The van der Waals surface area contributed by atoms with Gasteiger partial charge < -0.3 is 15.4 Å². The van der Waals surface area contributed by atoms with Crippen molar-refractivity contribution in [3.63, 3.8) is 0 Å². The number of halogens is 5. The van der Waals surface area contributed by atoms with E-state index in [1.807, 2.05) is 0 Å². The molecule has 0 unspecified atom stereocenters. The van der Waals surface area contributed by atoms with E-state index in [4.69, 9.17) is 11.6 Å². The molecule has 1 amide bonds. The molecule has 2 rings (SSSR count). The van der Waals surface area contributed by atoms with Crippen LogP contribution in [0.5, 0.6) is 5.75 Å². The molecule has 9 heteroatoms. The first kappa shape index (κ1) is 17.1. The first-order chi connectivity index (χ1) is 10.2. The molecule has 0 radical (unpaired) electrons. The van der Waals surface area contributed by atoms with Gasteiger partial charge in [-0.2, -0.15) is 0 Å². The van der Waals surface area contributed by atoms with E-state index >= 15 is 0 Å². The van der Waals surface area contributed by atoms with Crippen LogP contribution in [-0.2, 0) is 4.79 Å². The van der Waals surface area contributed by atoms with Crippen LogP contribution in [0.25, 0.3) is 0 Å². The van der Waals surface area contributed by atoms with Gasteiger partial charge in [0.1, 0.15) is 10.9 Å². The molecule has 1 aliphatic heterocycles. The van der Waals surface area contributed by atoms with E-state index in [0.29, 0.717) is 20.9 Å². The van der Waals surface area contributed by atoms with Crippen LogP contribution in [-0.4, -0.2) is 18.0 Å². The highest BCUT2D eigenvalue weighted by molar-refractivity contribution is 9.12. The summed E-state index contributed by atoms with van der Waals surface area (Å²) in [6.07, 6.45) is 1.60. The summed E-state index contributed by atoms with van der Waals surface area (Å²) in [5, 5.41) is 5.88. The zero-order chi connectivity index (χ0) is 16.3. The van der Waals surface area contributed by atoms with Crippen molar-refractivity contribution in [3.8, 4) is 5.75 Å². The molecule has 1 aromatic carbocycles. The number of alkyl halides is 3. The topological polar surface area (TPSA) is 50.4 Å². The van der Waals surface area contributed by atoms with Gasteiger partial charge >= 0.3 is 5.57 Å². The maximum atomic E-state index is 12.5. The molecule has 0 atom stereocenters. The van der Waals surface area contributed by atoms with Gasteiger partial charge in [-0.05, 0) is 46.3 Å². The first-order valence-electron chi connectivity index (χ1n) is 5.91. The van der Waals surface area contributed by atoms with E-state index in [1.165, 1.54) is 24.3 Å². The molecular weight excluding hydrogens is 405 g/mol. The number of hydrogen-bond donors (Lipinski definition) is 2. The fourth-order valence-electron chi connectivity index (χ4n) is 1.62. The molecule has 0 spiro atoms. The lowest BCUT2D eigenvalue weighted by molar-refractivity contribution is -0.113. The molecular formula is C13H9BrCl2F2N2O2. The molecule has 0 aromatic heterocycles. The average Bonchev–Trinajstić information content (AvgIpc) is 2.42. The van der Waals surface area contributed by atoms with Crippen molar-refractivity contribution in [1.82, 2.24) is 5.32 Å². The largest absolute Gasteiger partial charge is 0.487 e. The van der Waals surface area contributed by atoms with Crippen LogP contribution in [0.4, 0.5) is 14.5 Å². The molecule has 0 aliphatic carbocycles. The molecule has 4 nitrogen and oxygen atoms in total. The Morgan fingerprint density at radius 3 is 2.55 bits per heavy atom. The van der Waals surface area contributed by atoms with Gasteiger partial charge in [-0.15, -0.1) is 8.78 Å². The molecule has 1 aromatic rings. The number of ether oxygens (including phenoxy) is 1. The van der Waals surface area contributed by atoms with E-state index in [0.717, 1.165) is 0 Å². The summed E-state index contributed by atoms with van der Waals surface area (Å²) < 4.78 is 29.7. The molecule has 1 heterocycles. The van der Waals surface area contributed by atoms with Gasteiger partial charge in [0.2, 0.25) is 0 Å². The number of dihydropyridines is 1. The van der Waals surface area contributed by atoms with Gasteiger partial charge in [-0.3, -0.25) is 4.79 Å². The maximum absolute atomic E-state index is 12.5. The third-order valence-electron chi connectivity index (χ3n) is 2.58. The lowest BCUT2D eigenvalue weighted by atomic mass is 10.2. The number of anilines is 1. The fraction of sp³-hybridized carbons (Fsp3) is 0.154. The van der Waals surface area contributed by atoms with Crippen LogP contribution in [0.3, 0.4) is 0 Å². The lowest BCUT2D eigenvalue weighted by Crippen LogP contribution is -2.26. The molecule has 22 heavy (non-hydrogen) atoms. The SMILES string of the molecule is O=C(Nc1ccc(OC(F)(F)Cl)cc1)C1=CC(Br)=C(Cl)NC1. The number of amides is 1. The molecule has 0 fully saturated rings. The van der Waals surface area contributed by atoms with E-state index in [9.17, 15) is 13.6 Å². The lowest BCUT2D eigenvalue weighted by Gasteiger charge is -2.16. The second-order valence-electron chi connectivity index (χ2n) is 4.21. The summed E-state index contributed by atoms with van der Waals surface area (Å²) in [4.78, 5) is 12.1. The van der Waals surface area contributed by atoms with Gasteiger partial charge in [0.25, 0.3) is 5.91 Å². The molecule has 2 N–H and O–H groups in total. The summed E-state index contributed by atoms with van der Waals surface area (Å²) in [7, 11) is 0. The highest BCUT2D eigenvalue weighted by atomic mass is 79.9. The van der Waals surface area contributed by atoms with Crippen LogP contribution in [0.1, 0.15) is 0 Å². The smallest absolute Gasteiger partial charge is 0.420 e. The molecule has 118 valence electrons. The Morgan fingerprint density at radius 1 is 1.36 bits per heavy atom. The highest BCUT2D eigenvalue weighted by Gasteiger charge is 2.27. The Kier molecular flexibility index (Phi) is 5.31. The van der Waals surface area contributed by atoms with Gasteiger partial charge in [0.05, 0.1) is 4.48 Å².